The molecular weight excluding hydrogens is 390 g/mol. The van der Waals surface area contributed by atoms with Crippen LogP contribution in [-0.2, 0) is 10.0 Å². The maximum Gasteiger partial charge on any atom is 0.261 e. The number of carbonyl (C=O) groups is 1. The lowest BCUT2D eigenvalue weighted by Crippen LogP contribution is -2.13. The summed E-state index contributed by atoms with van der Waals surface area (Å²) in [6, 6.07) is 16.9. The zero-order chi connectivity index (χ0) is 21.0. The number of hydrogen-bond acceptors (Lipinski definition) is 5. The van der Waals surface area contributed by atoms with Gasteiger partial charge in [0.15, 0.2) is 17.3 Å². The molecule has 0 saturated heterocycles. The molecular formula is C22H19NO5S. The molecule has 3 rings (SSSR count). The van der Waals surface area contributed by atoms with Crippen molar-refractivity contribution in [2.45, 2.75) is 11.8 Å². The Morgan fingerprint density at radius 1 is 0.931 bits per heavy atom. The highest BCUT2D eigenvalue weighted by atomic mass is 32.2. The first-order valence-electron chi connectivity index (χ1n) is 8.69. The van der Waals surface area contributed by atoms with Gasteiger partial charge in [-0.3, -0.25) is 9.52 Å². The lowest BCUT2D eigenvalue weighted by Gasteiger charge is -2.08. The molecule has 0 aromatic heterocycles. The molecule has 0 heterocycles. The van der Waals surface area contributed by atoms with E-state index in [0.717, 1.165) is 5.56 Å². The minimum atomic E-state index is -3.72. The lowest BCUT2D eigenvalue weighted by molar-refractivity contribution is 0.104. The maximum atomic E-state index is 12.4. The topological polar surface area (TPSA) is 104 Å². The predicted octanol–water partition coefficient (Wildman–Crippen LogP) is 4.10. The second-order valence-electron chi connectivity index (χ2n) is 6.41. The lowest BCUT2D eigenvalue weighted by atomic mass is 10.1. The highest BCUT2D eigenvalue weighted by Gasteiger charge is 2.14. The summed E-state index contributed by atoms with van der Waals surface area (Å²) in [6.45, 7) is 1.87. The van der Waals surface area contributed by atoms with Gasteiger partial charge in [-0.15, -0.1) is 0 Å². The fourth-order valence-corrected chi connectivity index (χ4v) is 3.64. The Morgan fingerprint density at radius 3 is 2.24 bits per heavy atom. The largest absolute Gasteiger partial charge is 0.504 e. The van der Waals surface area contributed by atoms with Crippen LogP contribution in [0.15, 0.2) is 77.7 Å². The number of anilines is 1. The molecule has 0 saturated carbocycles. The van der Waals surface area contributed by atoms with E-state index in [4.69, 9.17) is 0 Å². The van der Waals surface area contributed by atoms with E-state index in [9.17, 15) is 23.4 Å². The van der Waals surface area contributed by atoms with Gasteiger partial charge in [-0.05, 0) is 61.5 Å². The zero-order valence-corrected chi connectivity index (χ0v) is 16.3. The van der Waals surface area contributed by atoms with Crippen molar-refractivity contribution in [2.75, 3.05) is 4.72 Å². The third-order valence-corrected chi connectivity index (χ3v) is 5.61. The van der Waals surface area contributed by atoms with Crippen LogP contribution in [0.3, 0.4) is 0 Å². The molecule has 0 spiro atoms. The molecule has 0 aliphatic rings. The van der Waals surface area contributed by atoms with Crippen LogP contribution < -0.4 is 4.72 Å². The smallest absolute Gasteiger partial charge is 0.261 e. The number of phenolic OH excluding ortho intramolecular Hbond substituents is 2. The first kappa shape index (κ1) is 20.2. The van der Waals surface area contributed by atoms with Crippen molar-refractivity contribution >= 4 is 27.6 Å². The summed E-state index contributed by atoms with van der Waals surface area (Å²) < 4.78 is 27.3. The molecule has 0 bridgehead atoms. The molecule has 6 nitrogen and oxygen atoms in total. The van der Waals surface area contributed by atoms with Crippen LogP contribution in [0.2, 0.25) is 0 Å². The number of ketones is 1. The van der Waals surface area contributed by atoms with E-state index < -0.39 is 10.0 Å². The summed E-state index contributed by atoms with van der Waals surface area (Å²) in [5.74, 6) is -0.914. The number of phenols is 2. The number of rotatable bonds is 6. The molecule has 0 radical (unpaired) electrons. The number of nitrogens with one attached hydrogen (secondary N) is 1. The number of aryl methyl sites for hydroxylation is 1. The number of sulfonamides is 1. The van der Waals surface area contributed by atoms with Crippen molar-refractivity contribution in [2.24, 2.45) is 0 Å². The average molecular weight is 409 g/mol. The van der Waals surface area contributed by atoms with Gasteiger partial charge < -0.3 is 10.2 Å². The highest BCUT2D eigenvalue weighted by Crippen LogP contribution is 2.29. The third-order valence-electron chi connectivity index (χ3n) is 4.21. The maximum absolute atomic E-state index is 12.4. The van der Waals surface area contributed by atoms with Crippen LogP contribution in [0.1, 0.15) is 21.5 Å². The summed E-state index contributed by atoms with van der Waals surface area (Å²) in [5.41, 5.74) is 1.94. The van der Waals surface area contributed by atoms with Crippen LogP contribution >= 0.6 is 0 Å². The molecule has 0 fully saturated rings. The van der Waals surface area contributed by atoms with Crippen molar-refractivity contribution in [3.63, 3.8) is 0 Å². The standard InChI is InChI=1S/C22H19NO5S/c1-15-5-12-19(13-6-15)29(27,28)23-18-10-7-16(8-11-18)20(24)14-9-17-3-2-4-21(25)22(17)26/h2-14,23,25-26H,1H3/b14-9+. The molecule has 0 amide bonds. The van der Waals surface area contributed by atoms with Gasteiger partial charge in [-0.25, -0.2) is 8.42 Å². The molecule has 7 heteroatoms. The molecule has 0 aliphatic carbocycles. The normalized spacial score (nSPS) is 11.5. The van der Waals surface area contributed by atoms with E-state index in [2.05, 4.69) is 4.72 Å². The predicted molar refractivity (Wildman–Crippen MR) is 112 cm³/mol. The molecule has 0 atom stereocenters. The van der Waals surface area contributed by atoms with Gasteiger partial charge in [-0.2, -0.15) is 0 Å². The first-order chi connectivity index (χ1) is 13.8. The van der Waals surface area contributed by atoms with Crippen molar-refractivity contribution in [3.05, 3.63) is 89.5 Å². The molecule has 3 aromatic rings. The SMILES string of the molecule is Cc1ccc(S(=O)(=O)Nc2ccc(C(=O)/C=C/c3cccc(O)c3O)cc2)cc1. The van der Waals surface area contributed by atoms with E-state index in [-0.39, 0.29) is 22.2 Å². The van der Waals surface area contributed by atoms with Crippen LogP contribution in [0.4, 0.5) is 5.69 Å². The van der Waals surface area contributed by atoms with Gasteiger partial charge in [0.25, 0.3) is 10.0 Å². The van der Waals surface area contributed by atoms with E-state index in [1.165, 1.54) is 54.6 Å². The molecule has 3 N–H and O–H groups in total. The van der Waals surface area contributed by atoms with Crippen molar-refractivity contribution in [1.29, 1.82) is 0 Å². The van der Waals surface area contributed by atoms with E-state index in [0.29, 0.717) is 16.8 Å². The van der Waals surface area contributed by atoms with Crippen molar-refractivity contribution in [1.82, 2.24) is 0 Å². The van der Waals surface area contributed by atoms with Gasteiger partial charge in [0.2, 0.25) is 0 Å². The number of allylic oxidation sites excluding steroid dienone is 1. The number of para-hydroxylation sites is 1. The van der Waals surface area contributed by atoms with Gasteiger partial charge in [-0.1, -0.05) is 29.8 Å². The number of aromatic hydroxyl groups is 2. The van der Waals surface area contributed by atoms with Gasteiger partial charge in [0.1, 0.15) is 0 Å². The number of benzene rings is 3. The summed E-state index contributed by atoms with van der Waals surface area (Å²) >= 11 is 0. The van der Waals surface area contributed by atoms with Crippen LogP contribution in [0.25, 0.3) is 6.08 Å². The average Bonchev–Trinajstić information content (AvgIpc) is 2.69. The van der Waals surface area contributed by atoms with Crippen LogP contribution in [0.5, 0.6) is 11.5 Å². The number of hydrogen-bond donors (Lipinski definition) is 3. The number of carbonyl (C=O) groups excluding carboxylic acids is 1. The fraction of sp³-hybridized carbons (Fsp3) is 0.0455. The second kappa shape index (κ2) is 8.20. The van der Waals surface area contributed by atoms with Crippen LogP contribution in [-0.4, -0.2) is 24.4 Å². The molecule has 3 aromatic carbocycles. The monoisotopic (exact) mass is 409 g/mol. The Hall–Kier alpha value is -3.58. The fourth-order valence-electron chi connectivity index (χ4n) is 2.58. The molecule has 0 unspecified atom stereocenters. The highest BCUT2D eigenvalue weighted by molar-refractivity contribution is 7.92. The Bertz CT molecular complexity index is 1160. The Labute approximate surface area is 168 Å². The van der Waals surface area contributed by atoms with E-state index in [1.807, 2.05) is 6.92 Å². The van der Waals surface area contributed by atoms with Crippen LogP contribution in [0, 0.1) is 6.92 Å². The Morgan fingerprint density at radius 2 is 1.59 bits per heavy atom. The van der Waals surface area contributed by atoms with Gasteiger partial charge >= 0.3 is 0 Å². The Kier molecular flexibility index (Phi) is 5.70. The first-order valence-corrected chi connectivity index (χ1v) is 10.2. The van der Waals surface area contributed by atoms with Crippen molar-refractivity contribution in [3.8, 4) is 11.5 Å². The zero-order valence-electron chi connectivity index (χ0n) is 15.5. The molecule has 148 valence electrons. The van der Waals surface area contributed by atoms with Gasteiger partial charge in [0.05, 0.1) is 4.90 Å². The van der Waals surface area contributed by atoms with E-state index in [1.54, 1.807) is 24.3 Å². The Balaban J connectivity index is 1.72. The van der Waals surface area contributed by atoms with E-state index >= 15 is 0 Å². The van der Waals surface area contributed by atoms with Crippen molar-refractivity contribution < 1.29 is 23.4 Å². The summed E-state index contributed by atoms with van der Waals surface area (Å²) in [4.78, 5) is 12.4. The second-order valence-corrected chi connectivity index (χ2v) is 8.09. The third kappa shape index (κ3) is 4.83. The minimum Gasteiger partial charge on any atom is -0.504 e. The molecule has 0 aliphatic heterocycles. The summed E-state index contributed by atoms with van der Waals surface area (Å²) in [6.07, 6.45) is 2.66. The minimum absolute atomic E-state index is 0.150. The molecule has 29 heavy (non-hydrogen) atoms. The summed E-state index contributed by atoms with van der Waals surface area (Å²) in [5, 5.41) is 19.2. The quantitative estimate of drug-likeness (QED) is 0.323. The summed E-state index contributed by atoms with van der Waals surface area (Å²) in [7, 11) is -3.72. The van der Waals surface area contributed by atoms with Gasteiger partial charge in [0, 0.05) is 16.8 Å².